The number of anilines is 2. The quantitative estimate of drug-likeness (QED) is 0.725. The highest BCUT2D eigenvalue weighted by Crippen LogP contribution is 2.28. The van der Waals surface area contributed by atoms with E-state index in [9.17, 15) is 0 Å². The van der Waals surface area contributed by atoms with E-state index in [1.54, 1.807) is 0 Å². The summed E-state index contributed by atoms with van der Waals surface area (Å²) in [6.07, 6.45) is 4.86. The largest absolute Gasteiger partial charge is 0.330 e. The van der Waals surface area contributed by atoms with Gasteiger partial charge in [-0.05, 0) is 48.3 Å². The molecule has 1 N–H and O–H groups in total. The molecule has 0 atom stereocenters. The van der Waals surface area contributed by atoms with E-state index in [0.717, 1.165) is 30.3 Å². The molecule has 2 heterocycles. The average molecular weight is 348 g/mol. The Morgan fingerprint density at radius 2 is 1.96 bits per heavy atom. The molecule has 1 aromatic heterocycles. The monoisotopic (exact) mass is 348 g/mol. The number of rotatable bonds is 3. The Kier molecular flexibility index (Phi) is 4.24. The van der Waals surface area contributed by atoms with Gasteiger partial charge in [0.15, 0.2) is 5.11 Å². The fourth-order valence-electron chi connectivity index (χ4n) is 3.22. The van der Waals surface area contributed by atoms with Crippen molar-refractivity contribution >= 4 is 28.7 Å². The Bertz CT molecular complexity index is 915. The molecule has 0 unspecified atom stereocenters. The van der Waals surface area contributed by atoms with Gasteiger partial charge >= 0.3 is 0 Å². The van der Waals surface area contributed by atoms with Gasteiger partial charge in [-0.1, -0.05) is 42.5 Å². The SMILES string of the molecule is Cc1ccccc1Cn1cc(NC(=S)N2CCc3ccccc32)cn1. The Morgan fingerprint density at radius 3 is 2.84 bits per heavy atom. The normalized spacial score (nSPS) is 12.9. The highest BCUT2D eigenvalue weighted by atomic mass is 32.1. The number of fused-ring (bicyclic) bond motifs is 1. The summed E-state index contributed by atoms with van der Waals surface area (Å²) in [5.74, 6) is 0. The Labute approximate surface area is 153 Å². The third kappa shape index (κ3) is 3.28. The van der Waals surface area contributed by atoms with Crippen LogP contribution in [0.1, 0.15) is 16.7 Å². The van der Waals surface area contributed by atoms with Crippen molar-refractivity contribution in [3.63, 3.8) is 0 Å². The lowest BCUT2D eigenvalue weighted by Crippen LogP contribution is -2.32. The second-order valence-electron chi connectivity index (χ2n) is 6.31. The summed E-state index contributed by atoms with van der Waals surface area (Å²) in [5.41, 5.74) is 6.02. The van der Waals surface area contributed by atoms with Crippen LogP contribution in [0.3, 0.4) is 0 Å². The second-order valence-corrected chi connectivity index (χ2v) is 6.70. The number of para-hydroxylation sites is 1. The zero-order chi connectivity index (χ0) is 17.2. The van der Waals surface area contributed by atoms with Crippen LogP contribution in [0.5, 0.6) is 0 Å². The first kappa shape index (κ1) is 15.8. The van der Waals surface area contributed by atoms with Gasteiger partial charge in [0.25, 0.3) is 0 Å². The van der Waals surface area contributed by atoms with E-state index in [1.807, 2.05) is 17.1 Å². The fourth-order valence-corrected chi connectivity index (χ4v) is 3.52. The van der Waals surface area contributed by atoms with Crippen LogP contribution in [0, 0.1) is 6.92 Å². The smallest absolute Gasteiger partial charge is 0.178 e. The maximum Gasteiger partial charge on any atom is 0.178 e. The molecule has 3 aromatic rings. The number of benzene rings is 2. The molecular formula is C20H20N4S. The molecule has 0 saturated carbocycles. The van der Waals surface area contributed by atoms with Crippen molar-refractivity contribution in [2.75, 3.05) is 16.8 Å². The van der Waals surface area contributed by atoms with Crippen LogP contribution in [-0.2, 0) is 13.0 Å². The van der Waals surface area contributed by atoms with Gasteiger partial charge in [-0.15, -0.1) is 0 Å². The van der Waals surface area contributed by atoms with Gasteiger partial charge in [0.05, 0.1) is 18.4 Å². The van der Waals surface area contributed by atoms with E-state index in [1.165, 1.54) is 22.4 Å². The molecule has 126 valence electrons. The zero-order valence-corrected chi connectivity index (χ0v) is 15.0. The summed E-state index contributed by atoms with van der Waals surface area (Å²) in [5, 5.41) is 8.49. The van der Waals surface area contributed by atoms with E-state index in [2.05, 4.69) is 70.8 Å². The summed E-state index contributed by atoms with van der Waals surface area (Å²) < 4.78 is 1.94. The van der Waals surface area contributed by atoms with Gasteiger partial charge in [0.2, 0.25) is 0 Å². The van der Waals surface area contributed by atoms with E-state index in [4.69, 9.17) is 12.2 Å². The highest BCUT2D eigenvalue weighted by molar-refractivity contribution is 7.80. The molecule has 25 heavy (non-hydrogen) atoms. The van der Waals surface area contributed by atoms with Crippen LogP contribution >= 0.6 is 12.2 Å². The number of nitrogens with one attached hydrogen (secondary N) is 1. The van der Waals surface area contributed by atoms with Crippen molar-refractivity contribution in [3.05, 3.63) is 77.6 Å². The molecule has 0 fully saturated rings. The number of hydrogen-bond acceptors (Lipinski definition) is 2. The minimum Gasteiger partial charge on any atom is -0.330 e. The van der Waals surface area contributed by atoms with Crippen molar-refractivity contribution < 1.29 is 0 Å². The molecule has 0 spiro atoms. The Hall–Kier alpha value is -2.66. The number of nitrogens with zero attached hydrogens (tertiary/aromatic N) is 3. The predicted molar refractivity (Wildman–Crippen MR) is 106 cm³/mol. The van der Waals surface area contributed by atoms with E-state index < -0.39 is 0 Å². The molecule has 1 aliphatic rings. The number of thiocarbonyl (C=S) groups is 1. The van der Waals surface area contributed by atoms with Crippen molar-refractivity contribution in [3.8, 4) is 0 Å². The predicted octanol–water partition coefficient (Wildman–Crippen LogP) is 4.00. The summed E-state index contributed by atoms with van der Waals surface area (Å²) in [6, 6.07) is 16.8. The molecule has 0 radical (unpaired) electrons. The molecular weight excluding hydrogens is 328 g/mol. The minimum atomic E-state index is 0.723. The molecule has 0 amide bonds. The summed E-state index contributed by atoms with van der Waals surface area (Å²) in [6.45, 7) is 3.80. The van der Waals surface area contributed by atoms with Gasteiger partial charge in [-0.25, -0.2) is 0 Å². The second kappa shape index (κ2) is 6.69. The minimum absolute atomic E-state index is 0.723. The van der Waals surface area contributed by atoms with Crippen LogP contribution in [0.15, 0.2) is 60.9 Å². The van der Waals surface area contributed by atoms with Gasteiger partial charge in [-0.2, -0.15) is 5.10 Å². The molecule has 1 aliphatic heterocycles. The van der Waals surface area contributed by atoms with Gasteiger partial charge in [-0.3, -0.25) is 4.68 Å². The number of aryl methyl sites for hydroxylation is 1. The van der Waals surface area contributed by atoms with Crippen LogP contribution < -0.4 is 10.2 Å². The van der Waals surface area contributed by atoms with E-state index >= 15 is 0 Å². The third-order valence-electron chi connectivity index (χ3n) is 4.61. The number of aromatic nitrogens is 2. The molecule has 4 nitrogen and oxygen atoms in total. The van der Waals surface area contributed by atoms with Gasteiger partial charge < -0.3 is 10.2 Å². The van der Waals surface area contributed by atoms with E-state index in [-0.39, 0.29) is 0 Å². The molecule has 0 aliphatic carbocycles. The Balaban J connectivity index is 1.45. The molecule has 0 saturated heterocycles. The van der Waals surface area contributed by atoms with E-state index in [0.29, 0.717) is 0 Å². The van der Waals surface area contributed by atoms with Crippen molar-refractivity contribution in [1.29, 1.82) is 0 Å². The van der Waals surface area contributed by atoms with Crippen LogP contribution in [-0.4, -0.2) is 21.4 Å². The maximum absolute atomic E-state index is 5.61. The van der Waals surface area contributed by atoms with Crippen LogP contribution in [0.25, 0.3) is 0 Å². The van der Waals surface area contributed by atoms with Gasteiger partial charge in [0, 0.05) is 18.4 Å². The van der Waals surface area contributed by atoms with Crippen LogP contribution in [0.4, 0.5) is 11.4 Å². The maximum atomic E-state index is 5.61. The highest BCUT2D eigenvalue weighted by Gasteiger charge is 2.21. The summed E-state index contributed by atoms with van der Waals surface area (Å²) in [7, 11) is 0. The Morgan fingerprint density at radius 1 is 1.16 bits per heavy atom. The zero-order valence-electron chi connectivity index (χ0n) is 14.1. The summed E-state index contributed by atoms with van der Waals surface area (Å²) >= 11 is 5.61. The number of hydrogen-bond donors (Lipinski definition) is 1. The summed E-state index contributed by atoms with van der Waals surface area (Å²) in [4.78, 5) is 2.16. The molecule has 0 bridgehead atoms. The first-order valence-electron chi connectivity index (χ1n) is 8.44. The standard InChI is InChI=1S/C20H20N4S/c1-15-6-2-3-8-17(15)13-23-14-18(12-21-23)22-20(25)24-11-10-16-7-4-5-9-19(16)24/h2-9,12,14H,10-11,13H2,1H3,(H,22,25). The van der Waals surface area contributed by atoms with Crippen molar-refractivity contribution in [2.45, 2.75) is 19.9 Å². The van der Waals surface area contributed by atoms with Crippen LogP contribution in [0.2, 0.25) is 0 Å². The molecule has 4 rings (SSSR count). The lowest BCUT2D eigenvalue weighted by molar-refractivity contribution is 0.684. The first-order chi connectivity index (χ1) is 12.2. The first-order valence-corrected chi connectivity index (χ1v) is 8.85. The average Bonchev–Trinajstić information content (AvgIpc) is 3.23. The van der Waals surface area contributed by atoms with Gasteiger partial charge in [0.1, 0.15) is 0 Å². The lowest BCUT2D eigenvalue weighted by Gasteiger charge is -2.20. The molecule has 2 aromatic carbocycles. The topological polar surface area (TPSA) is 33.1 Å². The third-order valence-corrected chi connectivity index (χ3v) is 4.93. The fraction of sp³-hybridized carbons (Fsp3) is 0.200. The molecule has 5 heteroatoms. The lowest BCUT2D eigenvalue weighted by atomic mass is 10.1. The van der Waals surface area contributed by atoms with Crippen molar-refractivity contribution in [1.82, 2.24) is 9.78 Å². The van der Waals surface area contributed by atoms with Crippen molar-refractivity contribution in [2.24, 2.45) is 0 Å².